The second kappa shape index (κ2) is 7.38. The van der Waals surface area contributed by atoms with E-state index < -0.39 is 10.2 Å². The Hall–Kier alpha value is 0.350. The molecule has 0 radical (unpaired) electrons. The van der Waals surface area contributed by atoms with Crippen LogP contribution in [0.15, 0.2) is 0 Å². The molecule has 2 aliphatic rings. The van der Waals surface area contributed by atoms with Gasteiger partial charge in [-0.25, -0.2) is 0 Å². The average Bonchev–Trinajstić information content (AvgIpc) is 2.68. The van der Waals surface area contributed by atoms with Crippen molar-refractivity contribution in [3.63, 3.8) is 0 Å². The first-order valence-corrected chi connectivity index (χ1v) is 10.0. The number of hydrogen-bond acceptors (Lipinski definition) is 2. The van der Waals surface area contributed by atoms with Crippen LogP contribution < -0.4 is 4.72 Å². The number of nitrogens with one attached hydrogen (secondary N) is 1. The highest BCUT2D eigenvalue weighted by atomic mass is 79.9. The number of hydrogen-bond donors (Lipinski definition) is 1. The van der Waals surface area contributed by atoms with E-state index in [0.29, 0.717) is 19.0 Å². The monoisotopic (exact) mass is 352 g/mol. The molecule has 0 aromatic rings. The maximum Gasteiger partial charge on any atom is 0.279 e. The van der Waals surface area contributed by atoms with Crippen molar-refractivity contribution in [3.8, 4) is 0 Å². The van der Waals surface area contributed by atoms with Gasteiger partial charge in [-0.05, 0) is 31.6 Å². The Kier molecular flexibility index (Phi) is 6.11. The fourth-order valence-corrected chi connectivity index (χ4v) is 5.45. The molecule has 2 fully saturated rings. The van der Waals surface area contributed by atoms with Crippen molar-refractivity contribution in [1.29, 1.82) is 0 Å². The van der Waals surface area contributed by atoms with Crippen LogP contribution in [0.4, 0.5) is 0 Å². The molecule has 4 nitrogen and oxygen atoms in total. The second-order valence-electron chi connectivity index (χ2n) is 5.74. The van der Waals surface area contributed by atoms with Crippen LogP contribution in [0.2, 0.25) is 0 Å². The van der Waals surface area contributed by atoms with Crippen molar-refractivity contribution in [2.24, 2.45) is 5.92 Å². The third kappa shape index (κ3) is 4.41. The van der Waals surface area contributed by atoms with Gasteiger partial charge in [0.1, 0.15) is 0 Å². The van der Waals surface area contributed by atoms with Crippen molar-refractivity contribution in [2.45, 2.75) is 57.4 Å². The number of halogens is 1. The Morgan fingerprint density at radius 3 is 2.26 bits per heavy atom. The molecular weight excluding hydrogens is 328 g/mol. The van der Waals surface area contributed by atoms with Gasteiger partial charge in [0.15, 0.2) is 0 Å². The quantitative estimate of drug-likeness (QED) is 0.790. The minimum atomic E-state index is -3.29. The second-order valence-corrected chi connectivity index (χ2v) is 8.09. The molecule has 1 saturated carbocycles. The molecule has 1 aliphatic heterocycles. The first-order valence-electron chi connectivity index (χ1n) is 7.47. The summed E-state index contributed by atoms with van der Waals surface area (Å²) in [6.45, 7) is 1.36. The largest absolute Gasteiger partial charge is 0.279 e. The number of nitrogens with zero attached hydrogens (tertiary/aromatic N) is 1. The van der Waals surface area contributed by atoms with E-state index in [2.05, 4.69) is 20.7 Å². The smallest absolute Gasteiger partial charge is 0.199 e. The zero-order chi connectivity index (χ0) is 13.7. The molecule has 112 valence electrons. The van der Waals surface area contributed by atoms with Crippen LogP contribution in [0.1, 0.15) is 51.4 Å². The summed E-state index contributed by atoms with van der Waals surface area (Å²) < 4.78 is 29.5. The highest BCUT2D eigenvalue weighted by molar-refractivity contribution is 9.09. The summed E-state index contributed by atoms with van der Waals surface area (Å²) in [4.78, 5) is 0. The summed E-state index contributed by atoms with van der Waals surface area (Å²) in [6.07, 6.45) is 8.75. The van der Waals surface area contributed by atoms with Crippen LogP contribution in [0.5, 0.6) is 0 Å². The normalized spacial score (nSPS) is 31.0. The van der Waals surface area contributed by atoms with Gasteiger partial charge in [0.05, 0.1) is 0 Å². The van der Waals surface area contributed by atoms with Crippen molar-refractivity contribution in [2.75, 3.05) is 18.4 Å². The fourth-order valence-electron chi connectivity index (χ4n) is 3.10. The molecule has 0 spiro atoms. The van der Waals surface area contributed by atoms with Crippen molar-refractivity contribution in [1.82, 2.24) is 9.03 Å². The molecule has 0 aromatic carbocycles. The van der Waals surface area contributed by atoms with Crippen LogP contribution in [-0.2, 0) is 10.2 Å². The van der Waals surface area contributed by atoms with E-state index in [1.54, 1.807) is 4.31 Å². The third-order valence-corrected chi connectivity index (χ3v) is 6.79. The van der Waals surface area contributed by atoms with Gasteiger partial charge in [0.25, 0.3) is 10.2 Å². The Balaban J connectivity index is 1.98. The SMILES string of the molecule is O=S(=O)(NC1CCCCC1CBr)N1CCCCCC1. The number of alkyl halides is 1. The van der Waals surface area contributed by atoms with Crippen molar-refractivity contribution < 1.29 is 8.42 Å². The lowest BCUT2D eigenvalue weighted by molar-refractivity contribution is 0.306. The fraction of sp³-hybridized carbons (Fsp3) is 1.00. The molecule has 2 atom stereocenters. The molecule has 1 heterocycles. The minimum Gasteiger partial charge on any atom is -0.199 e. The summed E-state index contributed by atoms with van der Waals surface area (Å²) >= 11 is 3.52. The topological polar surface area (TPSA) is 49.4 Å². The molecule has 0 aromatic heterocycles. The van der Waals surface area contributed by atoms with Crippen LogP contribution in [0, 0.1) is 5.92 Å². The van der Waals surface area contributed by atoms with Gasteiger partial charge in [0, 0.05) is 24.5 Å². The van der Waals surface area contributed by atoms with Gasteiger partial charge in [-0.3, -0.25) is 0 Å². The Bertz CT molecular complexity index is 367. The zero-order valence-corrected chi connectivity index (χ0v) is 13.9. The summed E-state index contributed by atoms with van der Waals surface area (Å²) in [5.74, 6) is 0.440. The molecule has 1 saturated heterocycles. The highest BCUT2D eigenvalue weighted by Gasteiger charge is 2.31. The van der Waals surface area contributed by atoms with E-state index in [-0.39, 0.29) is 6.04 Å². The maximum atomic E-state index is 12.5. The average molecular weight is 353 g/mol. The maximum absolute atomic E-state index is 12.5. The van der Waals surface area contributed by atoms with Gasteiger partial charge in [-0.1, -0.05) is 41.6 Å². The summed E-state index contributed by atoms with van der Waals surface area (Å²) in [5, 5.41) is 0.889. The molecule has 0 bridgehead atoms. The van der Waals surface area contributed by atoms with Crippen molar-refractivity contribution >= 4 is 26.1 Å². The van der Waals surface area contributed by atoms with Crippen LogP contribution in [0.25, 0.3) is 0 Å². The van der Waals surface area contributed by atoms with E-state index in [1.807, 2.05) is 0 Å². The number of rotatable bonds is 4. The van der Waals surface area contributed by atoms with Gasteiger partial charge in [0.2, 0.25) is 0 Å². The molecule has 6 heteroatoms. The van der Waals surface area contributed by atoms with Crippen LogP contribution in [-0.4, -0.2) is 37.2 Å². The summed E-state index contributed by atoms with van der Waals surface area (Å²) in [5.41, 5.74) is 0. The van der Waals surface area contributed by atoms with Gasteiger partial charge < -0.3 is 0 Å². The van der Waals surface area contributed by atoms with Crippen LogP contribution >= 0.6 is 15.9 Å². The van der Waals surface area contributed by atoms with Crippen molar-refractivity contribution in [3.05, 3.63) is 0 Å². The molecular formula is C13H25BrN2O2S. The van der Waals surface area contributed by atoms with Gasteiger partial charge in [-0.15, -0.1) is 0 Å². The first kappa shape index (κ1) is 15.7. The summed E-state index contributed by atoms with van der Waals surface area (Å²) in [7, 11) is -3.29. The minimum absolute atomic E-state index is 0.112. The van der Waals surface area contributed by atoms with E-state index in [4.69, 9.17) is 0 Å². The zero-order valence-electron chi connectivity index (χ0n) is 11.5. The lowest BCUT2D eigenvalue weighted by atomic mass is 9.87. The first-order chi connectivity index (χ1) is 9.13. The predicted octanol–water partition coefficient (Wildman–Crippen LogP) is 2.65. The Morgan fingerprint density at radius 2 is 1.63 bits per heavy atom. The predicted molar refractivity (Wildman–Crippen MR) is 81.6 cm³/mol. The molecule has 19 heavy (non-hydrogen) atoms. The standard InChI is InChI=1S/C13H25BrN2O2S/c14-11-12-7-3-4-8-13(12)15-19(17,18)16-9-5-1-2-6-10-16/h12-13,15H,1-11H2. The lowest BCUT2D eigenvalue weighted by Gasteiger charge is -2.32. The lowest BCUT2D eigenvalue weighted by Crippen LogP contribution is -2.49. The Morgan fingerprint density at radius 1 is 1.00 bits per heavy atom. The van der Waals surface area contributed by atoms with E-state index in [0.717, 1.165) is 50.3 Å². The van der Waals surface area contributed by atoms with Gasteiger partial charge >= 0.3 is 0 Å². The molecule has 0 amide bonds. The third-order valence-electron chi connectivity index (χ3n) is 4.31. The molecule has 1 N–H and O–H groups in total. The van der Waals surface area contributed by atoms with E-state index in [9.17, 15) is 8.42 Å². The van der Waals surface area contributed by atoms with Gasteiger partial charge in [-0.2, -0.15) is 17.4 Å². The molecule has 2 rings (SSSR count). The molecule has 2 unspecified atom stereocenters. The van der Waals surface area contributed by atoms with E-state index in [1.165, 1.54) is 6.42 Å². The molecule has 1 aliphatic carbocycles. The van der Waals surface area contributed by atoms with Crippen LogP contribution in [0.3, 0.4) is 0 Å². The Labute approximate surface area is 125 Å². The highest BCUT2D eigenvalue weighted by Crippen LogP contribution is 2.27. The van der Waals surface area contributed by atoms with E-state index >= 15 is 0 Å². The summed E-state index contributed by atoms with van der Waals surface area (Å²) in [6, 6.07) is 0.112.